The van der Waals surface area contributed by atoms with Crippen molar-refractivity contribution in [2.75, 3.05) is 26.2 Å². The molecular weight excluding hydrogens is 402 g/mol. The van der Waals surface area contributed by atoms with Crippen molar-refractivity contribution in [3.8, 4) is 0 Å². The molecule has 0 aliphatic carbocycles. The summed E-state index contributed by atoms with van der Waals surface area (Å²) in [5.74, 6) is -0.0922. The Morgan fingerprint density at radius 2 is 1.75 bits per heavy atom. The minimum Gasteiger partial charge on any atom is -0.336 e. The van der Waals surface area contributed by atoms with Gasteiger partial charge in [-0.1, -0.05) is 6.07 Å². The first-order valence-electron chi connectivity index (χ1n) is 8.73. The van der Waals surface area contributed by atoms with Crippen molar-refractivity contribution in [1.82, 2.24) is 9.21 Å². The number of nitro benzene ring substituents is 1. The number of non-ortho nitro benzene ring substituents is 1. The Morgan fingerprint density at radius 3 is 2.29 bits per heavy atom. The van der Waals surface area contributed by atoms with Gasteiger partial charge in [-0.15, -0.1) is 11.3 Å². The van der Waals surface area contributed by atoms with Crippen molar-refractivity contribution in [3.63, 3.8) is 0 Å². The maximum Gasteiger partial charge on any atom is 0.270 e. The predicted molar refractivity (Wildman–Crippen MR) is 106 cm³/mol. The van der Waals surface area contributed by atoms with Gasteiger partial charge in [-0.3, -0.25) is 14.9 Å². The van der Waals surface area contributed by atoms with E-state index in [1.165, 1.54) is 16.4 Å². The number of hydrogen-bond acceptors (Lipinski definition) is 6. The van der Waals surface area contributed by atoms with E-state index in [9.17, 15) is 23.3 Å². The molecule has 2 aromatic rings. The number of carbonyl (C=O) groups excluding carboxylic acids is 1. The first kappa shape index (κ1) is 20.4. The van der Waals surface area contributed by atoms with E-state index in [0.717, 1.165) is 15.8 Å². The van der Waals surface area contributed by atoms with Crippen LogP contribution in [0, 0.1) is 30.9 Å². The van der Waals surface area contributed by atoms with Crippen LogP contribution in [0.4, 0.5) is 5.69 Å². The second-order valence-corrected chi connectivity index (χ2v) is 10.1. The van der Waals surface area contributed by atoms with Gasteiger partial charge in [-0.25, -0.2) is 8.42 Å². The average Bonchev–Trinajstić information content (AvgIpc) is 2.99. The molecule has 10 heteroatoms. The quantitative estimate of drug-likeness (QED) is 0.556. The fourth-order valence-electron chi connectivity index (χ4n) is 3.26. The summed E-state index contributed by atoms with van der Waals surface area (Å²) in [6.07, 6.45) is 0. The second-order valence-electron chi connectivity index (χ2n) is 6.73. The Kier molecular flexibility index (Phi) is 5.55. The van der Waals surface area contributed by atoms with Crippen molar-refractivity contribution >= 4 is 33.0 Å². The number of nitrogens with zero attached hydrogens (tertiary/aromatic N) is 3. The number of thiophene rings is 1. The highest BCUT2D eigenvalue weighted by molar-refractivity contribution is 7.89. The van der Waals surface area contributed by atoms with Gasteiger partial charge in [0.15, 0.2) is 0 Å². The van der Waals surface area contributed by atoms with Crippen LogP contribution in [-0.2, 0) is 10.0 Å². The molecule has 0 radical (unpaired) electrons. The normalized spacial score (nSPS) is 15.6. The van der Waals surface area contributed by atoms with Gasteiger partial charge in [0.1, 0.15) is 0 Å². The van der Waals surface area contributed by atoms with Gasteiger partial charge in [0.2, 0.25) is 10.0 Å². The van der Waals surface area contributed by atoms with Crippen molar-refractivity contribution in [3.05, 3.63) is 55.3 Å². The third-order valence-electron chi connectivity index (χ3n) is 4.80. The van der Waals surface area contributed by atoms with E-state index < -0.39 is 14.9 Å². The van der Waals surface area contributed by atoms with E-state index in [2.05, 4.69) is 0 Å². The van der Waals surface area contributed by atoms with Crippen LogP contribution < -0.4 is 0 Å². The maximum absolute atomic E-state index is 13.0. The Bertz CT molecular complexity index is 1040. The molecule has 1 amide bonds. The highest BCUT2D eigenvalue weighted by atomic mass is 32.2. The SMILES string of the molecule is Cc1cc(C(=O)N2CCN(S(=O)(=O)c3cc([N+](=O)[O-])ccc3C)CC2)c(C)s1. The summed E-state index contributed by atoms with van der Waals surface area (Å²) < 4.78 is 27.3. The van der Waals surface area contributed by atoms with Crippen LogP contribution >= 0.6 is 11.3 Å². The summed E-state index contributed by atoms with van der Waals surface area (Å²) in [6.45, 7) is 6.31. The van der Waals surface area contributed by atoms with Crippen LogP contribution in [0.25, 0.3) is 0 Å². The molecule has 0 spiro atoms. The van der Waals surface area contributed by atoms with Gasteiger partial charge in [0.05, 0.1) is 15.4 Å². The van der Waals surface area contributed by atoms with Crippen LogP contribution in [0.1, 0.15) is 25.7 Å². The van der Waals surface area contributed by atoms with Crippen LogP contribution in [0.3, 0.4) is 0 Å². The molecule has 1 aliphatic rings. The fraction of sp³-hybridized carbons (Fsp3) is 0.389. The summed E-state index contributed by atoms with van der Waals surface area (Å²) in [5, 5.41) is 11.0. The van der Waals surface area contributed by atoms with E-state index in [1.54, 1.807) is 23.2 Å². The predicted octanol–water partition coefficient (Wildman–Crippen LogP) is 2.73. The lowest BCUT2D eigenvalue weighted by atomic mass is 10.2. The summed E-state index contributed by atoms with van der Waals surface area (Å²) in [7, 11) is -3.87. The zero-order valence-electron chi connectivity index (χ0n) is 15.8. The first-order valence-corrected chi connectivity index (χ1v) is 11.0. The Morgan fingerprint density at radius 1 is 1.11 bits per heavy atom. The Balaban J connectivity index is 1.77. The number of piperazine rings is 1. The van der Waals surface area contributed by atoms with E-state index >= 15 is 0 Å². The molecule has 0 bridgehead atoms. The smallest absolute Gasteiger partial charge is 0.270 e. The molecule has 1 fully saturated rings. The molecule has 0 atom stereocenters. The number of sulfonamides is 1. The molecule has 0 unspecified atom stereocenters. The van der Waals surface area contributed by atoms with Crippen molar-refractivity contribution in [1.29, 1.82) is 0 Å². The number of aryl methyl sites for hydroxylation is 3. The van der Waals surface area contributed by atoms with E-state index in [0.29, 0.717) is 11.1 Å². The number of rotatable bonds is 4. The number of amides is 1. The lowest BCUT2D eigenvalue weighted by Crippen LogP contribution is -2.50. The molecular formula is C18H21N3O5S2. The number of hydrogen-bond donors (Lipinski definition) is 0. The van der Waals surface area contributed by atoms with Gasteiger partial charge in [-0.05, 0) is 32.4 Å². The second kappa shape index (κ2) is 7.61. The summed E-state index contributed by atoms with van der Waals surface area (Å²) >= 11 is 1.56. The number of benzene rings is 1. The standard InChI is InChI=1S/C18H21N3O5S2/c1-12-4-5-15(21(23)24)11-17(12)28(25,26)20-8-6-19(7-9-20)18(22)16-10-13(2)27-14(16)3/h4-5,10-11H,6-9H2,1-3H3. The van der Waals surface area contributed by atoms with Gasteiger partial charge in [0.25, 0.3) is 11.6 Å². The lowest BCUT2D eigenvalue weighted by Gasteiger charge is -2.34. The van der Waals surface area contributed by atoms with Gasteiger partial charge in [-0.2, -0.15) is 4.31 Å². The highest BCUT2D eigenvalue weighted by Crippen LogP contribution is 2.27. The Hall–Kier alpha value is -2.30. The van der Waals surface area contributed by atoms with E-state index in [4.69, 9.17) is 0 Å². The molecule has 1 aliphatic heterocycles. The molecule has 2 heterocycles. The van der Waals surface area contributed by atoms with Crippen LogP contribution in [0.5, 0.6) is 0 Å². The number of nitro groups is 1. The third kappa shape index (κ3) is 3.80. The first-order chi connectivity index (χ1) is 13.1. The molecule has 1 aromatic carbocycles. The zero-order chi connectivity index (χ0) is 20.6. The topological polar surface area (TPSA) is 101 Å². The average molecular weight is 424 g/mol. The third-order valence-corrected chi connectivity index (χ3v) is 7.80. The molecule has 28 heavy (non-hydrogen) atoms. The highest BCUT2D eigenvalue weighted by Gasteiger charge is 2.32. The fourth-order valence-corrected chi connectivity index (χ4v) is 5.85. The van der Waals surface area contributed by atoms with E-state index in [-0.39, 0.29) is 42.7 Å². The van der Waals surface area contributed by atoms with E-state index in [1.807, 2.05) is 19.9 Å². The van der Waals surface area contributed by atoms with Crippen molar-refractivity contribution in [2.24, 2.45) is 0 Å². The molecule has 1 aromatic heterocycles. The minimum absolute atomic E-state index is 0.0641. The monoisotopic (exact) mass is 423 g/mol. The molecule has 3 rings (SSSR count). The van der Waals surface area contributed by atoms with Crippen LogP contribution in [-0.4, -0.2) is 54.6 Å². The van der Waals surface area contributed by atoms with Gasteiger partial charge in [0, 0.05) is 48.1 Å². The maximum atomic E-state index is 13.0. The Labute approximate surface area is 167 Å². The largest absolute Gasteiger partial charge is 0.336 e. The van der Waals surface area contributed by atoms with Gasteiger partial charge >= 0.3 is 0 Å². The summed E-state index contributed by atoms with van der Waals surface area (Å²) in [4.78, 5) is 26.7. The molecule has 0 saturated carbocycles. The zero-order valence-corrected chi connectivity index (χ0v) is 17.5. The van der Waals surface area contributed by atoms with Crippen LogP contribution in [0.15, 0.2) is 29.2 Å². The summed E-state index contributed by atoms with van der Waals surface area (Å²) in [6, 6.07) is 5.68. The van der Waals surface area contributed by atoms with Crippen molar-refractivity contribution < 1.29 is 18.1 Å². The molecule has 8 nitrogen and oxygen atoms in total. The molecule has 1 saturated heterocycles. The van der Waals surface area contributed by atoms with Gasteiger partial charge < -0.3 is 4.90 Å². The lowest BCUT2D eigenvalue weighted by molar-refractivity contribution is -0.385. The summed E-state index contributed by atoms with van der Waals surface area (Å²) in [5.41, 5.74) is 0.850. The minimum atomic E-state index is -3.87. The number of carbonyl (C=O) groups is 1. The van der Waals surface area contributed by atoms with Crippen molar-refractivity contribution in [2.45, 2.75) is 25.7 Å². The molecule has 150 valence electrons. The molecule has 0 N–H and O–H groups in total. The van der Waals surface area contributed by atoms with Crippen LogP contribution in [0.2, 0.25) is 0 Å².